The number of oxazole rings is 1. The molecule has 7 aromatic carbocycles. The van der Waals surface area contributed by atoms with Crippen molar-refractivity contribution in [2.24, 2.45) is 4.99 Å². The van der Waals surface area contributed by atoms with Crippen molar-refractivity contribution < 1.29 is 13.6 Å². The minimum atomic E-state index is -0.251. The van der Waals surface area contributed by atoms with Crippen LogP contribution < -0.4 is 11.2 Å². The molecule has 13 aromatic rings. The van der Waals surface area contributed by atoms with Crippen LogP contribution in [0.3, 0.4) is 0 Å². The molecule has 0 fully saturated rings. The second-order valence-electron chi connectivity index (χ2n) is 35.0. The third-order valence-corrected chi connectivity index (χ3v) is 19.2. The Morgan fingerprint density at radius 2 is 0.896 bits per heavy atom. The Labute approximate surface area is 631 Å². The first-order valence-electron chi connectivity index (χ1n) is 36.5. The summed E-state index contributed by atoms with van der Waals surface area (Å²) in [5.41, 5.74) is 21.1. The van der Waals surface area contributed by atoms with Gasteiger partial charge in [0.25, 0.3) is 5.56 Å². The lowest BCUT2D eigenvalue weighted by molar-refractivity contribution is -0.112. The number of Topliss-reactive ketones (excluding diaryl/α,β-unsaturated/α-hetero) is 1. The molecule has 1 aliphatic heterocycles. The van der Waals surface area contributed by atoms with Gasteiger partial charge in [0, 0.05) is 42.1 Å². The van der Waals surface area contributed by atoms with E-state index in [-0.39, 0.29) is 54.9 Å². The average Bonchev–Trinajstić information content (AvgIpc) is 1.71. The molecular formula is C91H111N9O5S. The van der Waals surface area contributed by atoms with Crippen molar-refractivity contribution >= 4 is 93.6 Å². The van der Waals surface area contributed by atoms with Gasteiger partial charge in [-0.1, -0.05) is 200 Å². The van der Waals surface area contributed by atoms with E-state index in [1.165, 1.54) is 38.1 Å². The smallest absolute Gasteiger partial charge is 0.339 e. The Bertz CT molecular complexity index is 5300. The fraction of sp³-hybridized carbons (Fsp3) is 0.396. The van der Waals surface area contributed by atoms with E-state index in [2.05, 4.69) is 282 Å². The number of hydrogen-bond acceptors (Lipinski definition) is 14. The quantitative estimate of drug-likeness (QED) is 0.141. The summed E-state index contributed by atoms with van der Waals surface area (Å²) in [6, 6.07) is 45.5. The number of carbonyl (C=O) groups is 1. The molecular weight excluding hydrogens is 1330 g/mol. The maximum absolute atomic E-state index is 11.8. The van der Waals surface area contributed by atoms with Crippen LogP contribution >= 0.6 is 11.3 Å². The molecule has 0 saturated carbocycles. The molecule has 556 valence electrons. The number of nitrogens with zero attached hydrogens (tertiary/aromatic N) is 8. The van der Waals surface area contributed by atoms with Gasteiger partial charge in [-0.15, -0.1) is 11.3 Å². The Morgan fingerprint density at radius 1 is 0.396 bits per heavy atom. The van der Waals surface area contributed by atoms with Gasteiger partial charge < -0.3 is 13.8 Å². The van der Waals surface area contributed by atoms with Crippen LogP contribution in [-0.2, 0) is 49.1 Å². The highest BCUT2D eigenvalue weighted by Crippen LogP contribution is 2.34. The van der Waals surface area contributed by atoms with Crippen molar-refractivity contribution in [1.29, 1.82) is 0 Å². The number of carbonyl (C=O) groups excluding carboxylic acids is 1. The molecule has 14 nitrogen and oxygen atoms in total. The minimum absolute atomic E-state index is 0.0471. The molecule has 0 saturated heterocycles. The van der Waals surface area contributed by atoms with Crippen LogP contribution in [0.2, 0.25) is 0 Å². The van der Waals surface area contributed by atoms with Crippen LogP contribution in [0.5, 0.6) is 0 Å². The van der Waals surface area contributed by atoms with Gasteiger partial charge in [-0.05, 0) is 203 Å². The van der Waals surface area contributed by atoms with Crippen molar-refractivity contribution in [1.82, 2.24) is 39.9 Å². The summed E-state index contributed by atoms with van der Waals surface area (Å²) < 4.78 is 12.0. The summed E-state index contributed by atoms with van der Waals surface area (Å²) in [5, 5.41) is 3.90. The Kier molecular flexibility index (Phi) is 24.9. The maximum atomic E-state index is 11.8. The molecule has 0 atom stereocenters. The Hall–Kier alpha value is -9.73. The summed E-state index contributed by atoms with van der Waals surface area (Å²) in [5.74, 6) is 2.34. The molecule has 6 aromatic heterocycles. The molecule has 0 unspecified atom stereocenters. The predicted octanol–water partition coefficient (Wildman–Crippen LogP) is 22.9. The molecule has 0 bridgehead atoms. The number of ketones is 1. The van der Waals surface area contributed by atoms with E-state index >= 15 is 0 Å². The standard InChI is InChI=1S/C14H17NO.C14H16O2.C13H16N2O.2C13H16N2.C12H15NO.C12H15NS/c1-9-13(16)8-10-7-11(14(2,3)4)5-6-12(10)15-9;1-9-7-10-5-6-11(14(2,3)4)8-12(10)16-13(9)15;1-8-14-11-6-5-9(13(2,3)4)7-10(11)12(16)15-8;1-9-14-8-10-7-11(13(2,3)4)5-6-12(10)15-9;1-9-8-14-12-7-10(13(2,3)4)5-6-11(12)15-9;2*1-8-13-10-7-9(12(2,3)4)5-6-11(10)14-8/h5-7H,8H2,1-4H3;5-8H,1-4H3;5-7H,1-4H3,(H,14,15,16);2*5-8H,1-4H3;2*5-7H,1-4H3. The molecule has 106 heavy (non-hydrogen) atoms. The molecule has 0 radical (unpaired) electrons. The number of aromatic nitrogens is 8. The Balaban J connectivity index is 0.000000156. The normalized spacial score (nSPS) is 12.6. The lowest BCUT2D eigenvalue weighted by atomic mass is 9.85. The van der Waals surface area contributed by atoms with E-state index in [1.54, 1.807) is 32.1 Å². The number of aryl methyl sites for hydroxylation is 6. The molecule has 14 rings (SSSR count). The van der Waals surface area contributed by atoms with E-state index in [9.17, 15) is 14.4 Å². The zero-order valence-corrected chi connectivity index (χ0v) is 68.9. The van der Waals surface area contributed by atoms with Crippen molar-refractivity contribution in [3.05, 3.63) is 245 Å². The zero-order chi connectivity index (χ0) is 78.6. The topological polar surface area (TPSA) is 196 Å². The first-order valence-corrected chi connectivity index (χ1v) is 37.3. The third-order valence-electron chi connectivity index (χ3n) is 18.3. The van der Waals surface area contributed by atoms with Gasteiger partial charge >= 0.3 is 5.63 Å². The number of hydrogen-bond donors (Lipinski definition) is 1. The third kappa shape index (κ3) is 22.0. The van der Waals surface area contributed by atoms with Gasteiger partial charge in [-0.2, -0.15) is 0 Å². The number of fused-ring (bicyclic) bond motifs is 7. The molecule has 0 spiro atoms. The van der Waals surface area contributed by atoms with E-state index in [0.29, 0.717) is 34.5 Å². The zero-order valence-electron chi connectivity index (χ0n) is 68.1. The van der Waals surface area contributed by atoms with Gasteiger partial charge in [0.05, 0.1) is 59.8 Å². The number of aromatic amines is 1. The van der Waals surface area contributed by atoms with Crippen LogP contribution in [0.1, 0.15) is 231 Å². The summed E-state index contributed by atoms with van der Waals surface area (Å²) >= 11 is 1.76. The predicted molar refractivity (Wildman–Crippen MR) is 445 cm³/mol. The maximum Gasteiger partial charge on any atom is 0.339 e. The highest BCUT2D eigenvalue weighted by Gasteiger charge is 2.23. The minimum Gasteiger partial charge on any atom is -0.441 e. The first kappa shape index (κ1) is 81.9. The van der Waals surface area contributed by atoms with Crippen molar-refractivity contribution in [2.45, 2.75) is 238 Å². The summed E-state index contributed by atoms with van der Waals surface area (Å²) in [4.78, 5) is 72.4. The molecule has 15 heteroatoms. The lowest BCUT2D eigenvalue weighted by Gasteiger charge is -2.21. The van der Waals surface area contributed by atoms with Crippen molar-refractivity contribution in [3.63, 3.8) is 0 Å². The number of rotatable bonds is 0. The highest BCUT2D eigenvalue weighted by molar-refractivity contribution is 7.18. The van der Waals surface area contributed by atoms with Gasteiger partial charge in [0.1, 0.15) is 22.7 Å². The van der Waals surface area contributed by atoms with Crippen LogP contribution in [-0.4, -0.2) is 51.4 Å². The van der Waals surface area contributed by atoms with Crippen molar-refractivity contribution in [3.8, 4) is 0 Å². The van der Waals surface area contributed by atoms with Crippen LogP contribution in [0.15, 0.2) is 169 Å². The first-order chi connectivity index (χ1) is 49.0. The molecule has 0 amide bonds. The lowest BCUT2D eigenvalue weighted by Crippen LogP contribution is -2.18. The van der Waals surface area contributed by atoms with Gasteiger partial charge in [0.15, 0.2) is 17.3 Å². The molecule has 7 heterocycles. The van der Waals surface area contributed by atoms with E-state index < -0.39 is 0 Å². The fourth-order valence-corrected chi connectivity index (χ4v) is 12.2. The second-order valence-corrected chi connectivity index (χ2v) is 36.2. The number of benzene rings is 7. The number of H-pyrrole nitrogens is 1. The summed E-state index contributed by atoms with van der Waals surface area (Å²) in [7, 11) is 0. The van der Waals surface area contributed by atoms with Crippen LogP contribution in [0.4, 0.5) is 5.69 Å². The van der Waals surface area contributed by atoms with E-state index in [0.717, 1.165) is 88.7 Å². The molecule has 0 aliphatic carbocycles. The largest absolute Gasteiger partial charge is 0.441 e. The molecule has 1 N–H and O–H groups in total. The van der Waals surface area contributed by atoms with Gasteiger partial charge in [0.2, 0.25) is 0 Å². The number of nitrogens with one attached hydrogen (secondary N) is 1. The Morgan fingerprint density at radius 3 is 1.50 bits per heavy atom. The fourth-order valence-electron chi connectivity index (χ4n) is 11.4. The van der Waals surface area contributed by atoms with Crippen molar-refractivity contribution in [2.75, 3.05) is 0 Å². The highest BCUT2D eigenvalue weighted by atomic mass is 32.1. The van der Waals surface area contributed by atoms with Crippen LogP contribution in [0.25, 0.3) is 65.1 Å². The van der Waals surface area contributed by atoms with Crippen LogP contribution in [0, 0.1) is 41.5 Å². The van der Waals surface area contributed by atoms with E-state index in [4.69, 9.17) is 8.83 Å². The monoisotopic (exact) mass is 1440 g/mol. The number of aliphatic imine (C=N–C) groups is 1. The number of thiazole rings is 1. The van der Waals surface area contributed by atoms with Gasteiger partial charge in [-0.3, -0.25) is 14.6 Å². The average molecular weight is 1440 g/mol. The van der Waals surface area contributed by atoms with Gasteiger partial charge in [-0.25, -0.2) is 39.7 Å². The summed E-state index contributed by atoms with van der Waals surface area (Å²) in [6.45, 7) is 59.0. The molecule has 1 aliphatic rings. The SMILES string of the molecule is CC1=Nc2ccc(C(C)(C)C)cc2CC1=O.Cc1cc2ccc(C(C)(C)C)cc2oc1=O.Cc1cnc2cc(C(C)(C)C)ccc2n1.Cc1nc2cc(C(C)(C)C)ccc2o1.Cc1nc2cc(C(C)(C)C)ccc2s1.Cc1nc2ccc(C(C)(C)C)cc2c(=O)[nH]1.Cc1ncc2cc(C(C)(C)C)ccc2n1. The second kappa shape index (κ2) is 32.2. The summed E-state index contributed by atoms with van der Waals surface area (Å²) in [6.07, 6.45) is 4.20. The van der Waals surface area contributed by atoms with E-state index in [1.807, 2.05) is 81.7 Å².